The maximum Gasteiger partial charge on any atom is 0.162 e. The number of Topliss-reactive ketones (excluding diaryl/α,β-unsaturated/α-hetero) is 1. The van der Waals surface area contributed by atoms with Crippen molar-refractivity contribution >= 4 is 5.78 Å². The van der Waals surface area contributed by atoms with Crippen LogP contribution in [0.2, 0.25) is 0 Å². The van der Waals surface area contributed by atoms with Crippen LogP contribution < -0.4 is 0 Å². The Bertz CT molecular complexity index is 489. The van der Waals surface area contributed by atoms with Crippen molar-refractivity contribution in [3.63, 3.8) is 0 Å². The molecule has 22 heavy (non-hydrogen) atoms. The lowest BCUT2D eigenvalue weighted by atomic mass is 9.45. The molecule has 0 heterocycles. The van der Waals surface area contributed by atoms with Crippen molar-refractivity contribution < 1.29 is 15.0 Å². The number of carbonyl (C=O) groups excluding carboxylic acids is 1. The van der Waals surface area contributed by atoms with Gasteiger partial charge in [0.2, 0.25) is 0 Å². The predicted molar refractivity (Wildman–Crippen MR) is 84.1 cm³/mol. The van der Waals surface area contributed by atoms with Crippen molar-refractivity contribution in [2.75, 3.05) is 0 Å². The fraction of sp³-hybridized carbons (Fsp3) is 0.947. The summed E-state index contributed by atoms with van der Waals surface area (Å²) in [5, 5.41) is 20.4. The van der Waals surface area contributed by atoms with Gasteiger partial charge in [0, 0.05) is 11.8 Å². The second-order valence-electron chi connectivity index (χ2n) is 9.20. The molecule has 2 N–H and O–H groups in total. The average Bonchev–Trinajstić information content (AvgIpc) is 2.72. The number of ketones is 1. The predicted octanol–water partition coefficient (Wildman–Crippen LogP) is 2.93. The van der Waals surface area contributed by atoms with Crippen LogP contribution in [0.3, 0.4) is 0 Å². The van der Waals surface area contributed by atoms with Crippen LogP contribution in [0.5, 0.6) is 0 Å². The Morgan fingerprint density at radius 1 is 0.955 bits per heavy atom. The van der Waals surface area contributed by atoms with Gasteiger partial charge in [-0.25, -0.2) is 0 Å². The van der Waals surface area contributed by atoms with Gasteiger partial charge in [0.15, 0.2) is 5.78 Å². The summed E-state index contributed by atoms with van der Waals surface area (Å²) in [6, 6.07) is 0. The highest BCUT2D eigenvalue weighted by atomic mass is 16.3. The molecule has 0 aromatic carbocycles. The van der Waals surface area contributed by atoms with Crippen LogP contribution in [0, 0.1) is 34.5 Å². The summed E-state index contributed by atoms with van der Waals surface area (Å²) < 4.78 is 0. The summed E-state index contributed by atoms with van der Waals surface area (Å²) in [5.41, 5.74) is 0.176. The minimum absolute atomic E-state index is 0.0829. The van der Waals surface area contributed by atoms with Gasteiger partial charge in [-0.3, -0.25) is 4.79 Å². The highest BCUT2D eigenvalue weighted by molar-refractivity contribution is 5.86. The zero-order chi connectivity index (χ0) is 15.7. The third kappa shape index (κ3) is 1.84. The van der Waals surface area contributed by atoms with Crippen LogP contribution in [0.1, 0.15) is 65.2 Å². The SMILES string of the molecule is C[C@]12CC[C@@H](O)C[C@@H]1CC[C@H]1[C@H]2CC[C@]2(C)[C@H](O)C(=O)C[C@@H]12. The molecule has 4 fully saturated rings. The van der Waals surface area contributed by atoms with E-state index >= 15 is 0 Å². The molecule has 0 aromatic heterocycles. The van der Waals surface area contributed by atoms with Crippen molar-refractivity contribution in [1.29, 1.82) is 0 Å². The number of aliphatic hydroxyl groups is 2. The van der Waals surface area contributed by atoms with E-state index in [9.17, 15) is 15.0 Å². The van der Waals surface area contributed by atoms with Gasteiger partial charge in [0.1, 0.15) is 6.10 Å². The Kier molecular flexibility index (Phi) is 3.30. The third-order valence-electron chi connectivity index (χ3n) is 8.43. The monoisotopic (exact) mass is 306 g/mol. The first kappa shape index (κ1) is 15.1. The van der Waals surface area contributed by atoms with E-state index in [2.05, 4.69) is 13.8 Å². The minimum atomic E-state index is -0.725. The number of fused-ring (bicyclic) bond motifs is 5. The largest absolute Gasteiger partial charge is 0.393 e. The highest BCUT2D eigenvalue weighted by Crippen LogP contribution is 2.65. The van der Waals surface area contributed by atoms with Crippen LogP contribution in [0.4, 0.5) is 0 Å². The number of hydrogen-bond donors (Lipinski definition) is 2. The molecule has 4 rings (SSSR count). The van der Waals surface area contributed by atoms with E-state index in [1.807, 2.05) is 0 Å². The van der Waals surface area contributed by atoms with Crippen molar-refractivity contribution in [2.45, 2.75) is 77.4 Å². The fourth-order valence-electron chi connectivity index (χ4n) is 7.00. The summed E-state index contributed by atoms with van der Waals surface area (Å²) in [5.74, 6) is 2.42. The summed E-state index contributed by atoms with van der Waals surface area (Å²) in [7, 11) is 0. The molecule has 124 valence electrons. The maximum absolute atomic E-state index is 12.1. The van der Waals surface area contributed by atoms with E-state index in [-0.39, 0.29) is 17.3 Å². The standard InChI is InChI=1S/C19H30O3/c1-18-7-5-12(20)9-11(18)3-4-13-14(18)6-8-19(2)15(13)10-16(21)17(19)22/h11-15,17,20,22H,3-10H2,1-2H3/t11-,12+,13-,14+,15-,17+,18-,19-/m0/s1. The quantitative estimate of drug-likeness (QED) is 0.723. The Morgan fingerprint density at radius 2 is 1.68 bits per heavy atom. The van der Waals surface area contributed by atoms with Gasteiger partial charge < -0.3 is 10.2 Å². The number of carbonyl (C=O) groups is 1. The normalized spacial score (nSPS) is 57.9. The number of rotatable bonds is 0. The third-order valence-corrected chi connectivity index (χ3v) is 8.43. The first-order chi connectivity index (χ1) is 10.4. The summed E-state index contributed by atoms with van der Waals surface area (Å²) in [6.45, 7) is 4.61. The molecule has 4 aliphatic rings. The molecular weight excluding hydrogens is 276 g/mol. The lowest BCUT2D eigenvalue weighted by molar-refractivity contribution is -0.138. The van der Waals surface area contributed by atoms with E-state index in [1.54, 1.807) is 0 Å². The summed E-state index contributed by atoms with van der Waals surface area (Å²) in [4.78, 5) is 12.1. The van der Waals surface area contributed by atoms with Crippen molar-refractivity contribution in [1.82, 2.24) is 0 Å². The van der Waals surface area contributed by atoms with E-state index in [0.717, 1.165) is 32.1 Å². The molecule has 4 saturated carbocycles. The molecule has 0 spiro atoms. The second kappa shape index (κ2) is 4.80. The first-order valence-corrected chi connectivity index (χ1v) is 9.25. The van der Waals surface area contributed by atoms with Gasteiger partial charge in [0.05, 0.1) is 6.10 Å². The average molecular weight is 306 g/mol. The van der Waals surface area contributed by atoms with Gasteiger partial charge in [-0.05, 0) is 74.0 Å². The molecule has 0 bridgehead atoms. The molecule has 0 aromatic rings. The maximum atomic E-state index is 12.1. The first-order valence-electron chi connectivity index (χ1n) is 9.25. The van der Waals surface area contributed by atoms with E-state index in [4.69, 9.17) is 0 Å². The Morgan fingerprint density at radius 3 is 2.45 bits per heavy atom. The molecule has 0 radical (unpaired) electrons. The minimum Gasteiger partial charge on any atom is -0.393 e. The molecule has 4 aliphatic carbocycles. The number of aliphatic hydroxyl groups excluding tert-OH is 2. The number of hydrogen-bond acceptors (Lipinski definition) is 3. The molecule has 0 aliphatic heterocycles. The van der Waals surface area contributed by atoms with Gasteiger partial charge in [-0.1, -0.05) is 13.8 Å². The Hall–Kier alpha value is -0.410. The lowest BCUT2D eigenvalue weighted by Gasteiger charge is -2.60. The van der Waals surface area contributed by atoms with Crippen LogP contribution in [-0.2, 0) is 4.79 Å². The van der Waals surface area contributed by atoms with Crippen LogP contribution in [0.15, 0.2) is 0 Å². The molecule has 0 amide bonds. The van der Waals surface area contributed by atoms with Crippen molar-refractivity contribution in [3.8, 4) is 0 Å². The van der Waals surface area contributed by atoms with Gasteiger partial charge >= 0.3 is 0 Å². The fourth-order valence-corrected chi connectivity index (χ4v) is 7.00. The Labute approximate surface area is 133 Å². The molecule has 3 nitrogen and oxygen atoms in total. The van der Waals surface area contributed by atoms with E-state index < -0.39 is 6.10 Å². The molecule has 8 atom stereocenters. The molecule has 0 unspecified atom stereocenters. The van der Waals surface area contributed by atoms with Crippen LogP contribution in [-0.4, -0.2) is 28.2 Å². The van der Waals surface area contributed by atoms with E-state index in [1.165, 1.54) is 12.8 Å². The summed E-state index contributed by atoms with van der Waals surface area (Å²) >= 11 is 0. The molecule has 3 heteroatoms. The van der Waals surface area contributed by atoms with Gasteiger partial charge in [-0.2, -0.15) is 0 Å². The van der Waals surface area contributed by atoms with Crippen molar-refractivity contribution in [2.24, 2.45) is 34.5 Å². The zero-order valence-corrected chi connectivity index (χ0v) is 13.9. The van der Waals surface area contributed by atoms with Gasteiger partial charge in [-0.15, -0.1) is 0 Å². The van der Waals surface area contributed by atoms with Crippen molar-refractivity contribution in [3.05, 3.63) is 0 Å². The molecular formula is C19H30O3. The second-order valence-corrected chi connectivity index (χ2v) is 9.20. The van der Waals surface area contributed by atoms with Crippen LogP contribution in [0.25, 0.3) is 0 Å². The smallest absolute Gasteiger partial charge is 0.162 e. The lowest BCUT2D eigenvalue weighted by Crippen LogP contribution is -2.54. The van der Waals surface area contributed by atoms with Crippen LogP contribution >= 0.6 is 0 Å². The summed E-state index contributed by atoms with van der Waals surface area (Å²) in [6.07, 6.45) is 7.38. The van der Waals surface area contributed by atoms with Gasteiger partial charge in [0.25, 0.3) is 0 Å². The Balaban J connectivity index is 1.64. The topological polar surface area (TPSA) is 57.5 Å². The molecule has 0 saturated heterocycles. The zero-order valence-electron chi connectivity index (χ0n) is 13.9. The highest BCUT2D eigenvalue weighted by Gasteiger charge is 2.62. The van der Waals surface area contributed by atoms with E-state index in [0.29, 0.717) is 35.5 Å².